The molecule has 0 unspecified atom stereocenters. The van der Waals surface area contributed by atoms with Gasteiger partial charge in [0.15, 0.2) is 0 Å². The van der Waals surface area contributed by atoms with Gasteiger partial charge in [-0.05, 0) is 38.5 Å². The molecule has 2 amide bonds. The lowest BCUT2D eigenvalue weighted by Crippen LogP contribution is -2.44. The molecule has 0 heterocycles. The summed E-state index contributed by atoms with van der Waals surface area (Å²) in [6.45, 7) is 4.52. The SMILES string of the molecule is CCC(CC)NC(=O)CNC1CCC(C(N)=O)CC1. The van der Waals surface area contributed by atoms with Crippen molar-refractivity contribution in [2.75, 3.05) is 6.54 Å². The van der Waals surface area contributed by atoms with Crippen molar-refractivity contribution in [1.29, 1.82) is 0 Å². The van der Waals surface area contributed by atoms with Crippen molar-refractivity contribution >= 4 is 11.8 Å². The molecule has 110 valence electrons. The highest BCUT2D eigenvalue weighted by atomic mass is 16.2. The van der Waals surface area contributed by atoms with Gasteiger partial charge >= 0.3 is 0 Å². The fraction of sp³-hybridized carbons (Fsp3) is 0.857. The molecule has 0 aliphatic heterocycles. The topological polar surface area (TPSA) is 84.2 Å². The molecule has 5 nitrogen and oxygen atoms in total. The number of nitrogens with one attached hydrogen (secondary N) is 2. The van der Waals surface area contributed by atoms with Gasteiger partial charge in [-0.15, -0.1) is 0 Å². The van der Waals surface area contributed by atoms with Gasteiger partial charge in [-0.25, -0.2) is 0 Å². The van der Waals surface area contributed by atoms with Crippen LogP contribution >= 0.6 is 0 Å². The Morgan fingerprint density at radius 1 is 1.16 bits per heavy atom. The zero-order valence-corrected chi connectivity index (χ0v) is 12.1. The minimum absolute atomic E-state index is 0.0245. The summed E-state index contributed by atoms with van der Waals surface area (Å²) in [5, 5.41) is 6.28. The van der Waals surface area contributed by atoms with Gasteiger partial charge in [-0.2, -0.15) is 0 Å². The molecule has 0 aromatic rings. The van der Waals surface area contributed by atoms with Crippen molar-refractivity contribution in [1.82, 2.24) is 10.6 Å². The summed E-state index contributed by atoms with van der Waals surface area (Å²) in [7, 11) is 0. The summed E-state index contributed by atoms with van der Waals surface area (Å²) >= 11 is 0. The number of amides is 2. The number of nitrogens with two attached hydrogens (primary N) is 1. The van der Waals surface area contributed by atoms with Gasteiger partial charge in [-0.3, -0.25) is 9.59 Å². The molecule has 0 spiro atoms. The Kier molecular flexibility index (Phi) is 6.84. The van der Waals surface area contributed by atoms with E-state index in [0.29, 0.717) is 12.6 Å². The van der Waals surface area contributed by atoms with E-state index in [0.717, 1.165) is 38.5 Å². The van der Waals surface area contributed by atoms with Crippen molar-refractivity contribution in [2.45, 2.75) is 64.5 Å². The van der Waals surface area contributed by atoms with E-state index in [1.54, 1.807) is 0 Å². The van der Waals surface area contributed by atoms with Gasteiger partial charge in [0.2, 0.25) is 11.8 Å². The lowest BCUT2D eigenvalue weighted by atomic mass is 9.85. The molecule has 19 heavy (non-hydrogen) atoms. The first kappa shape index (κ1) is 16.0. The zero-order chi connectivity index (χ0) is 14.3. The lowest BCUT2D eigenvalue weighted by Gasteiger charge is -2.27. The van der Waals surface area contributed by atoms with Crippen LogP contribution in [0.15, 0.2) is 0 Å². The third-order valence-corrected chi connectivity index (χ3v) is 4.03. The van der Waals surface area contributed by atoms with Crippen LogP contribution in [0, 0.1) is 5.92 Å². The first-order valence-corrected chi connectivity index (χ1v) is 7.38. The quantitative estimate of drug-likeness (QED) is 0.642. The highest BCUT2D eigenvalue weighted by Crippen LogP contribution is 2.23. The van der Waals surface area contributed by atoms with Crippen molar-refractivity contribution in [2.24, 2.45) is 11.7 Å². The fourth-order valence-corrected chi connectivity index (χ4v) is 2.59. The molecule has 0 saturated heterocycles. The molecular formula is C14H27N3O2. The van der Waals surface area contributed by atoms with Gasteiger partial charge in [0, 0.05) is 18.0 Å². The highest BCUT2D eigenvalue weighted by Gasteiger charge is 2.24. The van der Waals surface area contributed by atoms with Crippen molar-refractivity contribution in [3.63, 3.8) is 0 Å². The molecule has 4 N–H and O–H groups in total. The van der Waals surface area contributed by atoms with Crippen LogP contribution < -0.4 is 16.4 Å². The number of hydrogen-bond acceptors (Lipinski definition) is 3. The molecule has 1 aliphatic rings. The Bertz CT molecular complexity index is 295. The van der Waals surface area contributed by atoms with E-state index in [2.05, 4.69) is 24.5 Å². The highest BCUT2D eigenvalue weighted by molar-refractivity contribution is 5.78. The monoisotopic (exact) mass is 269 g/mol. The number of hydrogen-bond donors (Lipinski definition) is 3. The molecule has 5 heteroatoms. The second-order valence-corrected chi connectivity index (χ2v) is 5.41. The maximum absolute atomic E-state index is 11.7. The first-order valence-electron chi connectivity index (χ1n) is 7.38. The Morgan fingerprint density at radius 2 is 1.74 bits per heavy atom. The maximum Gasteiger partial charge on any atom is 0.234 e. The molecule has 0 aromatic heterocycles. The minimum Gasteiger partial charge on any atom is -0.369 e. The van der Waals surface area contributed by atoms with Crippen molar-refractivity contribution < 1.29 is 9.59 Å². The molecular weight excluding hydrogens is 242 g/mol. The summed E-state index contributed by atoms with van der Waals surface area (Å²) in [6, 6.07) is 0.614. The zero-order valence-electron chi connectivity index (χ0n) is 12.1. The predicted molar refractivity (Wildman–Crippen MR) is 75.5 cm³/mol. The largest absolute Gasteiger partial charge is 0.369 e. The fourth-order valence-electron chi connectivity index (χ4n) is 2.59. The summed E-state index contributed by atoms with van der Waals surface area (Å²) in [4.78, 5) is 22.8. The van der Waals surface area contributed by atoms with E-state index in [4.69, 9.17) is 5.73 Å². The number of carbonyl (C=O) groups excluding carboxylic acids is 2. The van der Waals surface area contributed by atoms with E-state index in [1.165, 1.54) is 0 Å². The second kappa shape index (κ2) is 8.15. The number of carbonyl (C=O) groups is 2. The minimum atomic E-state index is -0.190. The van der Waals surface area contributed by atoms with Gasteiger partial charge in [-0.1, -0.05) is 13.8 Å². The normalized spacial score (nSPS) is 23.3. The van der Waals surface area contributed by atoms with E-state index in [9.17, 15) is 9.59 Å². The van der Waals surface area contributed by atoms with Crippen LogP contribution in [-0.4, -0.2) is 30.4 Å². The van der Waals surface area contributed by atoms with Crippen LogP contribution in [0.2, 0.25) is 0 Å². The van der Waals surface area contributed by atoms with Crippen LogP contribution in [0.1, 0.15) is 52.4 Å². The third-order valence-electron chi connectivity index (χ3n) is 4.03. The van der Waals surface area contributed by atoms with Crippen LogP contribution in [0.5, 0.6) is 0 Å². The first-order chi connectivity index (χ1) is 9.06. The smallest absolute Gasteiger partial charge is 0.234 e. The Hall–Kier alpha value is -1.10. The van der Waals surface area contributed by atoms with E-state index >= 15 is 0 Å². The summed E-state index contributed by atoms with van der Waals surface area (Å²) in [6.07, 6.45) is 5.44. The molecule has 1 rings (SSSR count). The van der Waals surface area contributed by atoms with E-state index in [-0.39, 0.29) is 23.8 Å². The molecule has 0 atom stereocenters. The lowest BCUT2D eigenvalue weighted by molar-refractivity contribution is -0.123. The molecule has 1 saturated carbocycles. The molecule has 1 aliphatic carbocycles. The van der Waals surface area contributed by atoms with E-state index < -0.39 is 0 Å². The predicted octanol–water partition coefficient (Wildman–Crippen LogP) is 0.925. The average molecular weight is 269 g/mol. The molecule has 0 aromatic carbocycles. The van der Waals surface area contributed by atoms with Crippen LogP contribution in [0.3, 0.4) is 0 Å². The van der Waals surface area contributed by atoms with Crippen LogP contribution in [-0.2, 0) is 9.59 Å². The maximum atomic E-state index is 11.7. The van der Waals surface area contributed by atoms with Gasteiger partial charge in [0.1, 0.15) is 0 Å². The Balaban J connectivity index is 2.20. The molecule has 0 bridgehead atoms. The van der Waals surface area contributed by atoms with Crippen LogP contribution in [0.4, 0.5) is 0 Å². The van der Waals surface area contributed by atoms with Gasteiger partial charge < -0.3 is 16.4 Å². The van der Waals surface area contributed by atoms with Gasteiger partial charge in [0.25, 0.3) is 0 Å². The summed E-state index contributed by atoms with van der Waals surface area (Å²) in [5.74, 6) is -0.105. The Labute approximate surface area is 115 Å². The molecule has 1 fully saturated rings. The number of rotatable bonds is 7. The summed E-state index contributed by atoms with van der Waals surface area (Å²) < 4.78 is 0. The third kappa shape index (κ3) is 5.59. The van der Waals surface area contributed by atoms with Crippen molar-refractivity contribution in [3.05, 3.63) is 0 Å². The van der Waals surface area contributed by atoms with Crippen molar-refractivity contribution in [3.8, 4) is 0 Å². The standard InChI is InChI=1S/C14H27N3O2/c1-3-11(4-2)17-13(18)9-16-12-7-5-10(6-8-12)14(15)19/h10-12,16H,3-9H2,1-2H3,(H2,15,19)(H,17,18). The van der Waals surface area contributed by atoms with E-state index in [1.807, 2.05) is 0 Å². The second-order valence-electron chi connectivity index (χ2n) is 5.41. The van der Waals surface area contributed by atoms with Gasteiger partial charge in [0.05, 0.1) is 6.54 Å². The number of primary amides is 1. The van der Waals surface area contributed by atoms with Crippen LogP contribution in [0.25, 0.3) is 0 Å². The summed E-state index contributed by atoms with van der Waals surface area (Å²) in [5.41, 5.74) is 5.30. The molecule has 0 radical (unpaired) electrons. The average Bonchev–Trinajstić information content (AvgIpc) is 2.43. The Morgan fingerprint density at radius 3 is 2.21 bits per heavy atom.